The van der Waals surface area contributed by atoms with E-state index in [1.807, 2.05) is 11.3 Å². The van der Waals surface area contributed by atoms with Crippen molar-refractivity contribution in [3.8, 4) is 22.8 Å². The summed E-state index contributed by atoms with van der Waals surface area (Å²) in [6.07, 6.45) is 0. The van der Waals surface area contributed by atoms with Gasteiger partial charge in [-0.3, -0.25) is 9.13 Å². The van der Waals surface area contributed by atoms with Gasteiger partial charge >= 0.3 is 0 Å². The molecule has 0 bridgehead atoms. The van der Waals surface area contributed by atoms with Gasteiger partial charge in [0.2, 0.25) is 0 Å². The molecule has 4 aromatic heterocycles. The van der Waals surface area contributed by atoms with Crippen LogP contribution in [0.3, 0.4) is 0 Å². The molecule has 0 saturated carbocycles. The Kier molecular flexibility index (Phi) is 5.16. The number of nitrogens with zero attached hydrogens (tertiary/aromatic N) is 3. The predicted molar refractivity (Wildman–Crippen MR) is 191 cm³/mol. The van der Waals surface area contributed by atoms with Gasteiger partial charge in [0, 0.05) is 37.0 Å². The number of aromatic nitrogens is 3. The van der Waals surface area contributed by atoms with Crippen LogP contribution in [0.15, 0.2) is 152 Å². The second-order valence-corrected chi connectivity index (χ2v) is 12.7. The fourth-order valence-electron chi connectivity index (χ4n) is 7.14. The minimum absolute atomic E-state index is 0.918. The van der Waals surface area contributed by atoms with E-state index in [2.05, 4.69) is 161 Å². The first-order chi connectivity index (χ1) is 22.3. The van der Waals surface area contributed by atoms with Gasteiger partial charge in [0.1, 0.15) is 5.82 Å². The maximum Gasteiger partial charge on any atom is 0.158 e. The highest BCUT2D eigenvalue weighted by Crippen LogP contribution is 2.43. The maximum absolute atomic E-state index is 5.60. The molecule has 0 radical (unpaired) electrons. The van der Waals surface area contributed by atoms with E-state index in [1.165, 1.54) is 52.8 Å². The molecule has 0 amide bonds. The van der Waals surface area contributed by atoms with Crippen LogP contribution in [0.4, 0.5) is 0 Å². The molecular weight excluding hydrogens is 567 g/mol. The molecule has 210 valence electrons. The van der Waals surface area contributed by atoms with Crippen LogP contribution in [-0.2, 0) is 0 Å². The van der Waals surface area contributed by atoms with Crippen LogP contribution < -0.4 is 0 Å². The number of hydrogen-bond donors (Lipinski definition) is 0. The fourth-order valence-corrected chi connectivity index (χ4v) is 8.28. The lowest BCUT2D eigenvalue weighted by Gasteiger charge is -2.13. The lowest BCUT2D eigenvalue weighted by molar-refractivity contribution is 1.03. The van der Waals surface area contributed by atoms with E-state index < -0.39 is 0 Å². The molecule has 3 nitrogen and oxygen atoms in total. The van der Waals surface area contributed by atoms with Crippen LogP contribution in [0, 0.1) is 0 Å². The van der Waals surface area contributed by atoms with Gasteiger partial charge in [-0.25, -0.2) is 4.98 Å². The summed E-state index contributed by atoms with van der Waals surface area (Å²) in [6.45, 7) is 0. The third-order valence-corrected chi connectivity index (χ3v) is 10.3. The zero-order valence-electron chi connectivity index (χ0n) is 24.2. The molecule has 45 heavy (non-hydrogen) atoms. The van der Waals surface area contributed by atoms with Gasteiger partial charge in [-0.1, -0.05) is 109 Å². The molecular formula is C41H25N3S. The Labute approximate surface area is 262 Å². The second kappa shape index (κ2) is 9.39. The number of para-hydroxylation sites is 4. The highest BCUT2D eigenvalue weighted by Gasteiger charge is 2.21. The zero-order chi connectivity index (χ0) is 29.5. The number of benzene rings is 6. The van der Waals surface area contributed by atoms with Gasteiger partial charge in [-0.2, -0.15) is 0 Å². The molecule has 0 fully saturated rings. The topological polar surface area (TPSA) is 22.8 Å². The molecule has 0 saturated heterocycles. The normalized spacial score (nSPS) is 12.0. The van der Waals surface area contributed by atoms with Crippen LogP contribution in [0.5, 0.6) is 0 Å². The summed E-state index contributed by atoms with van der Waals surface area (Å²) >= 11 is 1.83. The minimum Gasteiger partial charge on any atom is -0.294 e. The Balaban J connectivity index is 1.38. The first-order valence-corrected chi connectivity index (χ1v) is 16.0. The van der Waals surface area contributed by atoms with Crippen LogP contribution in [0.25, 0.3) is 86.5 Å². The Hall–Kier alpha value is -5.71. The summed E-state index contributed by atoms with van der Waals surface area (Å²) in [4.78, 5) is 5.60. The molecule has 0 spiro atoms. The molecule has 10 rings (SSSR count). The van der Waals surface area contributed by atoms with E-state index in [-0.39, 0.29) is 0 Å². The molecule has 6 aromatic carbocycles. The van der Waals surface area contributed by atoms with Gasteiger partial charge in [0.25, 0.3) is 0 Å². The van der Waals surface area contributed by atoms with Gasteiger partial charge < -0.3 is 0 Å². The summed E-state index contributed by atoms with van der Waals surface area (Å²) < 4.78 is 7.16. The first-order valence-electron chi connectivity index (χ1n) is 15.2. The van der Waals surface area contributed by atoms with Gasteiger partial charge in [-0.05, 0) is 53.6 Å². The van der Waals surface area contributed by atoms with Gasteiger partial charge in [-0.15, -0.1) is 11.3 Å². The third-order valence-electron chi connectivity index (χ3n) is 9.13. The van der Waals surface area contributed by atoms with Crippen molar-refractivity contribution in [2.24, 2.45) is 0 Å². The third kappa shape index (κ3) is 3.54. The van der Waals surface area contributed by atoms with Gasteiger partial charge in [0.15, 0.2) is 5.82 Å². The summed E-state index contributed by atoms with van der Waals surface area (Å²) in [6, 6.07) is 54.6. The highest BCUT2D eigenvalue weighted by atomic mass is 32.1. The molecule has 0 aliphatic carbocycles. The summed E-state index contributed by atoms with van der Waals surface area (Å²) in [5, 5.41) is 7.40. The Morgan fingerprint density at radius 1 is 0.400 bits per heavy atom. The molecule has 0 unspecified atom stereocenters. The summed E-state index contributed by atoms with van der Waals surface area (Å²) in [7, 11) is 0. The zero-order valence-corrected chi connectivity index (χ0v) is 25.0. The van der Waals surface area contributed by atoms with Crippen LogP contribution in [0.1, 0.15) is 0 Å². The summed E-state index contributed by atoms with van der Waals surface area (Å²) in [5.41, 5.74) is 7.07. The molecule has 0 aliphatic rings. The van der Waals surface area contributed by atoms with Crippen molar-refractivity contribution in [2.45, 2.75) is 0 Å². The molecule has 10 aromatic rings. The number of hydrogen-bond acceptors (Lipinski definition) is 2. The number of thiophene rings is 1. The van der Waals surface area contributed by atoms with Crippen LogP contribution in [-0.4, -0.2) is 14.1 Å². The quantitative estimate of drug-likeness (QED) is 0.200. The van der Waals surface area contributed by atoms with E-state index in [0.29, 0.717) is 0 Å². The van der Waals surface area contributed by atoms with Gasteiger partial charge in [0.05, 0.1) is 26.8 Å². The molecule has 0 aliphatic heterocycles. The fraction of sp³-hybridized carbons (Fsp3) is 0. The van der Waals surface area contributed by atoms with E-state index >= 15 is 0 Å². The van der Waals surface area contributed by atoms with Crippen molar-refractivity contribution < 1.29 is 0 Å². The monoisotopic (exact) mass is 591 g/mol. The minimum atomic E-state index is 0.918. The SMILES string of the molecule is c1ccc(-c2ccc3sc4c(-n5c6ccccc6c6ccccc65)nc(-n5c6ccccc6c6ccccc65)cc4c3c2)cc1. The second-order valence-electron chi connectivity index (χ2n) is 11.6. The van der Waals surface area contributed by atoms with E-state index in [9.17, 15) is 0 Å². The average molecular weight is 592 g/mol. The first kappa shape index (κ1) is 24.7. The van der Waals surface area contributed by atoms with Crippen molar-refractivity contribution in [3.63, 3.8) is 0 Å². The van der Waals surface area contributed by atoms with E-state index in [4.69, 9.17) is 4.98 Å². The van der Waals surface area contributed by atoms with Crippen molar-refractivity contribution in [1.82, 2.24) is 14.1 Å². The van der Waals surface area contributed by atoms with Crippen molar-refractivity contribution in [1.29, 1.82) is 0 Å². The largest absolute Gasteiger partial charge is 0.294 e. The average Bonchev–Trinajstić information content (AvgIpc) is 3.76. The highest BCUT2D eigenvalue weighted by molar-refractivity contribution is 7.26. The van der Waals surface area contributed by atoms with Crippen molar-refractivity contribution >= 4 is 75.1 Å². The van der Waals surface area contributed by atoms with Crippen molar-refractivity contribution in [2.75, 3.05) is 0 Å². The Morgan fingerprint density at radius 3 is 1.49 bits per heavy atom. The molecule has 0 N–H and O–H groups in total. The Morgan fingerprint density at radius 2 is 0.911 bits per heavy atom. The van der Waals surface area contributed by atoms with Crippen LogP contribution >= 0.6 is 11.3 Å². The van der Waals surface area contributed by atoms with Crippen molar-refractivity contribution in [3.05, 3.63) is 152 Å². The predicted octanol–water partition coefficient (Wildman–Crippen LogP) is 11.3. The molecule has 4 heterocycles. The smallest absolute Gasteiger partial charge is 0.158 e. The summed E-state index contributed by atoms with van der Waals surface area (Å²) in [5.74, 6) is 1.88. The lowest BCUT2D eigenvalue weighted by Crippen LogP contribution is -2.03. The lowest BCUT2D eigenvalue weighted by atomic mass is 10.0. The maximum atomic E-state index is 5.60. The Bertz CT molecular complexity index is 2660. The van der Waals surface area contributed by atoms with E-state index in [0.717, 1.165) is 33.7 Å². The number of fused-ring (bicyclic) bond motifs is 9. The number of rotatable bonds is 3. The van der Waals surface area contributed by atoms with E-state index in [1.54, 1.807) is 0 Å². The standard InChI is InChI=1S/C41H25N3S/c1-2-12-26(13-3-1)27-22-23-38-32(24-27)33-25-39(43-34-18-8-4-14-28(34)29-15-5-9-19-35(29)43)42-41(40(33)45-38)44-36-20-10-6-16-30(36)31-17-7-11-21-37(31)44/h1-25H. The molecule has 0 atom stereocenters. The molecule has 4 heteroatoms. The van der Waals surface area contributed by atoms with Crippen LogP contribution in [0.2, 0.25) is 0 Å². The number of pyridine rings is 1.